The molecule has 1 aliphatic heterocycles. The molecule has 11 heteroatoms. The molecular formula is C20H22BrN5O5. The van der Waals surface area contributed by atoms with Gasteiger partial charge in [0.05, 0.1) is 0 Å². The molecule has 1 aromatic carbocycles. The van der Waals surface area contributed by atoms with Gasteiger partial charge in [-0.05, 0) is 25.1 Å². The van der Waals surface area contributed by atoms with Gasteiger partial charge in [0.15, 0.2) is 0 Å². The number of rotatable bonds is 7. The van der Waals surface area contributed by atoms with Crippen LogP contribution in [0.25, 0.3) is 10.9 Å². The summed E-state index contributed by atoms with van der Waals surface area (Å²) in [5.74, 6) is -1.94. The maximum absolute atomic E-state index is 12.3. The van der Waals surface area contributed by atoms with Gasteiger partial charge in [-0.2, -0.15) is 0 Å². The minimum absolute atomic E-state index is 0.233. The molecule has 2 N–H and O–H groups in total. The highest BCUT2D eigenvalue weighted by molar-refractivity contribution is 9.10. The van der Waals surface area contributed by atoms with E-state index in [4.69, 9.17) is 4.63 Å². The van der Waals surface area contributed by atoms with E-state index in [2.05, 4.69) is 31.1 Å². The van der Waals surface area contributed by atoms with Crippen molar-refractivity contribution in [2.75, 3.05) is 26.2 Å². The second-order valence-corrected chi connectivity index (χ2v) is 8.53. The summed E-state index contributed by atoms with van der Waals surface area (Å²) < 4.78 is 7.15. The number of aryl methyl sites for hydroxylation is 1. The molecule has 0 spiro atoms. The molecule has 3 heterocycles. The molecule has 0 bridgehead atoms. The van der Waals surface area contributed by atoms with Gasteiger partial charge in [0, 0.05) is 59.9 Å². The smallest absolute Gasteiger partial charge is 0.325 e. The lowest BCUT2D eigenvalue weighted by atomic mass is 10.0. The Balaban J connectivity index is 1.59. The number of aromatic nitrogens is 3. The fourth-order valence-corrected chi connectivity index (χ4v) is 4.42. The minimum atomic E-state index is -0.982. The predicted octanol–water partition coefficient (Wildman–Crippen LogP) is 2.12. The first kappa shape index (κ1) is 21.5. The zero-order valence-corrected chi connectivity index (χ0v) is 18.4. The van der Waals surface area contributed by atoms with Crippen LogP contribution in [-0.4, -0.2) is 73.0 Å². The van der Waals surface area contributed by atoms with Crippen LogP contribution in [0.1, 0.15) is 23.0 Å². The monoisotopic (exact) mass is 491 g/mol. The number of aliphatic carboxylic acids is 2. The lowest BCUT2D eigenvalue weighted by molar-refractivity contribution is -0.144. The summed E-state index contributed by atoms with van der Waals surface area (Å²) in [7, 11) is 0. The van der Waals surface area contributed by atoms with E-state index < -0.39 is 18.0 Å². The normalized spacial score (nSPS) is 16.6. The van der Waals surface area contributed by atoms with Crippen molar-refractivity contribution in [3.63, 3.8) is 0 Å². The van der Waals surface area contributed by atoms with E-state index in [1.165, 1.54) is 0 Å². The maximum Gasteiger partial charge on any atom is 0.325 e. The van der Waals surface area contributed by atoms with Crippen molar-refractivity contribution in [1.82, 2.24) is 24.7 Å². The van der Waals surface area contributed by atoms with Crippen molar-refractivity contribution < 1.29 is 24.4 Å². The second-order valence-electron chi connectivity index (χ2n) is 7.62. The summed E-state index contributed by atoms with van der Waals surface area (Å²) in [5, 5.41) is 27.8. The molecule has 1 saturated heterocycles. The number of carboxylic acid groups (broad SMARTS) is 2. The van der Waals surface area contributed by atoms with Crippen LogP contribution >= 0.6 is 15.9 Å². The van der Waals surface area contributed by atoms with Gasteiger partial charge >= 0.3 is 11.9 Å². The number of halogens is 1. The van der Waals surface area contributed by atoms with E-state index in [9.17, 15) is 19.8 Å². The summed E-state index contributed by atoms with van der Waals surface area (Å²) in [6.07, 6.45) is 1.65. The van der Waals surface area contributed by atoms with Crippen LogP contribution < -0.4 is 0 Å². The van der Waals surface area contributed by atoms with Crippen molar-refractivity contribution in [1.29, 1.82) is 0 Å². The van der Waals surface area contributed by atoms with Gasteiger partial charge < -0.3 is 14.8 Å². The molecule has 0 amide bonds. The van der Waals surface area contributed by atoms with E-state index in [1.54, 1.807) is 16.8 Å². The molecule has 31 heavy (non-hydrogen) atoms. The lowest BCUT2D eigenvalue weighted by Gasteiger charge is -2.37. The Morgan fingerprint density at radius 3 is 2.55 bits per heavy atom. The molecule has 1 aliphatic rings. The van der Waals surface area contributed by atoms with Gasteiger partial charge in [0.2, 0.25) is 0 Å². The van der Waals surface area contributed by atoms with Gasteiger partial charge in [0.25, 0.3) is 0 Å². The average Bonchev–Trinajstić information content (AvgIpc) is 3.26. The Morgan fingerprint density at radius 1 is 1.19 bits per heavy atom. The van der Waals surface area contributed by atoms with Crippen LogP contribution in [0.15, 0.2) is 33.5 Å². The molecular weight excluding hydrogens is 470 g/mol. The third-order valence-corrected chi connectivity index (χ3v) is 6.09. The summed E-state index contributed by atoms with van der Waals surface area (Å²) in [4.78, 5) is 27.7. The molecule has 4 rings (SSSR count). The number of carboxylic acids is 2. The van der Waals surface area contributed by atoms with Gasteiger partial charge in [0.1, 0.15) is 24.0 Å². The van der Waals surface area contributed by atoms with Gasteiger partial charge in [-0.15, -0.1) is 0 Å². The lowest BCUT2D eigenvalue weighted by Crippen LogP contribution is -2.48. The van der Waals surface area contributed by atoms with Crippen LogP contribution in [0.4, 0.5) is 0 Å². The van der Waals surface area contributed by atoms with Gasteiger partial charge in [-0.25, -0.2) is 4.63 Å². The Morgan fingerprint density at radius 2 is 1.94 bits per heavy atom. The highest BCUT2D eigenvalue weighted by Crippen LogP contribution is 2.33. The molecule has 3 aromatic rings. The Kier molecular flexibility index (Phi) is 6.08. The number of piperazine rings is 1. The molecule has 0 aliphatic carbocycles. The molecule has 164 valence electrons. The zero-order valence-electron chi connectivity index (χ0n) is 16.9. The van der Waals surface area contributed by atoms with Crippen LogP contribution in [0.5, 0.6) is 0 Å². The maximum atomic E-state index is 12.3. The first-order valence-corrected chi connectivity index (χ1v) is 10.6. The Bertz CT molecular complexity index is 1120. The first-order chi connectivity index (χ1) is 14.8. The summed E-state index contributed by atoms with van der Waals surface area (Å²) >= 11 is 3.44. The number of carbonyl (C=O) groups is 2. The summed E-state index contributed by atoms with van der Waals surface area (Å²) in [6, 6.07) is 4.59. The minimum Gasteiger partial charge on any atom is -0.480 e. The van der Waals surface area contributed by atoms with E-state index in [0.29, 0.717) is 43.8 Å². The van der Waals surface area contributed by atoms with Crippen LogP contribution in [0.2, 0.25) is 0 Å². The predicted molar refractivity (Wildman–Crippen MR) is 114 cm³/mol. The van der Waals surface area contributed by atoms with Crippen molar-refractivity contribution in [3.8, 4) is 0 Å². The van der Waals surface area contributed by atoms with Crippen LogP contribution in [0.3, 0.4) is 0 Å². The highest BCUT2D eigenvalue weighted by atomic mass is 79.9. The largest absolute Gasteiger partial charge is 0.480 e. The summed E-state index contributed by atoms with van der Waals surface area (Å²) in [6.45, 7) is 4.67. The quantitative estimate of drug-likeness (QED) is 0.510. The number of fused-ring (bicyclic) bond motifs is 1. The van der Waals surface area contributed by atoms with Crippen molar-refractivity contribution in [2.45, 2.75) is 26.1 Å². The molecule has 0 radical (unpaired) electrons. The fourth-order valence-electron chi connectivity index (χ4n) is 4.06. The summed E-state index contributed by atoms with van der Waals surface area (Å²) in [5.41, 5.74) is 2.82. The Labute approximate surface area is 186 Å². The van der Waals surface area contributed by atoms with Gasteiger partial charge in [-0.1, -0.05) is 26.2 Å². The third kappa shape index (κ3) is 4.48. The third-order valence-electron chi connectivity index (χ3n) is 5.60. The average molecular weight is 492 g/mol. The van der Waals surface area contributed by atoms with Gasteiger partial charge in [-0.3, -0.25) is 19.4 Å². The Hall–Kier alpha value is -2.76. The van der Waals surface area contributed by atoms with Crippen molar-refractivity contribution in [3.05, 3.63) is 45.8 Å². The van der Waals surface area contributed by atoms with E-state index in [1.807, 2.05) is 24.0 Å². The topological polar surface area (TPSA) is 125 Å². The highest BCUT2D eigenvalue weighted by Gasteiger charge is 2.33. The molecule has 1 fully saturated rings. The van der Waals surface area contributed by atoms with E-state index >= 15 is 0 Å². The van der Waals surface area contributed by atoms with Crippen molar-refractivity contribution in [2.24, 2.45) is 0 Å². The molecule has 1 atom stereocenters. The molecule has 0 unspecified atom stereocenters. The van der Waals surface area contributed by atoms with Crippen molar-refractivity contribution >= 4 is 38.8 Å². The zero-order chi connectivity index (χ0) is 22.1. The number of nitrogens with zero attached hydrogens (tertiary/aromatic N) is 5. The van der Waals surface area contributed by atoms with E-state index in [-0.39, 0.29) is 6.54 Å². The first-order valence-electron chi connectivity index (χ1n) is 9.81. The fraction of sp³-hybridized carbons (Fsp3) is 0.400. The SMILES string of the molecule is Cc1nonc1CN1CCN([C@@H](C(=O)O)c2cn(CC(=O)O)c3ccc(Br)cc23)CC1. The molecule has 2 aromatic heterocycles. The number of hydrogen-bond donors (Lipinski definition) is 2. The van der Waals surface area contributed by atoms with E-state index in [0.717, 1.165) is 21.2 Å². The number of benzene rings is 1. The van der Waals surface area contributed by atoms with Crippen LogP contribution in [-0.2, 0) is 22.7 Å². The molecule has 0 saturated carbocycles. The van der Waals surface area contributed by atoms with Crippen LogP contribution in [0, 0.1) is 6.92 Å². The second kappa shape index (κ2) is 8.77. The number of hydrogen-bond acceptors (Lipinski definition) is 7. The standard InChI is InChI=1S/C20H22BrN5O5/c1-12-16(23-31-22-12)10-24-4-6-25(7-5-24)19(20(29)30)15-9-26(11-18(27)28)17-3-2-13(21)8-14(15)17/h2-3,8-9,19H,4-7,10-11H2,1H3,(H,27,28)(H,29,30)/t19-/m1/s1. The molecule has 10 nitrogen and oxygen atoms in total.